The highest BCUT2D eigenvalue weighted by Gasteiger charge is 2.75. The molecular weight excluding hydrogens is 324 g/mol. The summed E-state index contributed by atoms with van der Waals surface area (Å²) in [5.74, 6) is 1.36. The lowest BCUT2D eigenvalue weighted by molar-refractivity contribution is -0.925. The van der Waals surface area contributed by atoms with E-state index in [4.69, 9.17) is 4.74 Å². The number of benzene rings is 1. The third kappa shape index (κ3) is 1.34. The highest BCUT2D eigenvalue weighted by Crippen LogP contribution is 2.67. The largest absolute Gasteiger partial charge is 0.373 e. The highest BCUT2D eigenvalue weighted by atomic mass is 16.5. The van der Waals surface area contributed by atoms with Crippen LogP contribution in [0.2, 0.25) is 0 Å². The molecule has 6 aliphatic rings. The number of anilines is 1. The number of piperidine rings is 2. The lowest BCUT2D eigenvalue weighted by atomic mass is 9.53. The van der Waals surface area contributed by atoms with E-state index >= 15 is 0 Å². The van der Waals surface area contributed by atoms with Gasteiger partial charge in [-0.25, -0.2) is 0 Å². The van der Waals surface area contributed by atoms with Crippen LogP contribution < -0.4 is 4.90 Å². The number of carbonyl (C=O) groups is 1. The van der Waals surface area contributed by atoms with E-state index in [2.05, 4.69) is 42.3 Å². The van der Waals surface area contributed by atoms with Crippen molar-refractivity contribution in [1.82, 2.24) is 0 Å². The number of ether oxygens (including phenoxy) is 1. The molecule has 4 fully saturated rings. The molecule has 0 N–H and O–H groups in total. The molecule has 0 unspecified atom stereocenters. The van der Waals surface area contributed by atoms with Gasteiger partial charge in [-0.15, -0.1) is 0 Å². The summed E-state index contributed by atoms with van der Waals surface area (Å²) in [7, 11) is 2.47. The number of nitrogens with zero attached hydrogens (tertiary/aromatic N) is 2. The average Bonchev–Trinajstić information content (AvgIpc) is 3.05. The molecule has 1 amide bonds. The molecule has 2 bridgehead atoms. The molecule has 0 radical (unpaired) electrons. The first-order valence-electron chi connectivity index (χ1n) is 10.2. The van der Waals surface area contributed by atoms with Gasteiger partial charge in [0, 0.05) is 24.4 Å². The van der Waals surface area contributed by atoms with E-state index in [9.17, 15) is 4.79 Å². The van der Waals surface area contributed by atoms with Crippen molar-refractivity contribution in [2.75, 3.05) is 31.6 Å². The van der Waals surface area contributed by atoms with Crippen LogP contribution in [-0.4, -0.2) is 55.3 Å². The standard InChI is InChI=1S/C22H25N2O2/c1-24-8-7-22-15-4-2-3-5-16(15)23-19(25)11-17-20(21(22)23)14(10-18(22)24)13(12-24)6-9-26-17/h2-6,14,17-18,20-21H,7-12H2,1H3/q+1/t14-,17-,18-,20-,21-,22+,24-/m0/s1. The quantitative estimate of drug-likeness (QED) is 0.531. The van der Waals surface area contributed by atoms with Crippen LogP contribution in [0.15, 0.2) is 35.9 Å². The number of rotatable bonds is 0. The Bertz CT molecular complexity index is 894. The number of amides is 1. The lowest BCUT2D eigenvalue weighted by Crippen LogP contribution is -2.72. The van der Waals surface area contributed by atoms with Crippen LogP contribution in [0.1, 0.15) is 24.8 Å². The van der Waals surface area contributed by atoms with Gasteiger partial charge in [-0.1, -0.05) is 24.3 Å². The van der Waals surface area contributed by atoms with Crippen LogP contribution in [-0.2, 0) is 14.9 Å². The van der Waals surface area contributed by atoms with Crippen molar-refractivity contribution >= 4 is 11.6 Å². The Hall–Kier alpha value is -1.65. The zero-order valence-electron chi connectivity index (χ0n) is 15.2. The van der Waals surface area contributed by atoms with Crippen molar-refractivity contribution in [2.45, 2.75) is 42.9 Å². The summed E-state index contributed by atoms with van der Waals surface area (Å²) in [5, 5.41) is 0. The van der Waals surface area contributed by atoms with Crippen LogP contribution >= 0.6 is 0 Å². The fourth-order valence-corrected chi connectivity index (χ4v) is 8.14. The van der Waals surface area contributed by atoms with Crippen LogP contribution in [0.25, 0.3) is 0 Å². The van der Waals surface area contributed by atoms with Crippen LogP contribution in [0, 0.1) is 11.8 Å². The fraction of sp³-hybridized carbons (Fsp3) is 0.591. The Labute approximate surface area is 154 Å². The summed E-state index contributed by atoms with van der Waals surface area (Å²) in [6.07, 6.45) is 5.51. The summed E-state index contributed by atoms with van der Waals surface area (Å²) in [6.45, 7) is 3.12. The van der Waals surface area contributed by atoms with E-state index in [1.54, 1.807) is 5.57 Å². The predicted molar refractivity (Wildman–Crippen MR) is 97.8 cm³/mol. The average molecular weight is 349 g/mol. The maximum Gasteiger partial charge on any atom is 0.229 e. The number of fused-ring (bicyclic) bond motifs is 2. The normalized spacial score (nSPS) is 49.6. The van der Waals surface area contributed by atoms with Crippen molar-refractivity contribution in [3.05, 3.63) is 41.5 Å². The number of para-hydroxylation sites is 1. The van der Waals surface area contributed by atoms with Crippen LogP contribution in [0.4, 0.5) is 5.69 Å². The Balaban J connectivity index is 1.56. The van der Waals surface area contributed by atoms with Gasteiger partial charge in [0.15, 0.2) is 0 Å². The number of quaternary nitrogens is 1. The first-order chi connectivity index (χ1) is 12.6. The topological polar surface area (TPSA) is 29.5 Å². The second-order valence-electron chi connectivity index (χ2n) is 9.67. The molecule has 1 spiro atoms. The van der Waals surface area contributed by atoms with E-state index in [0.717, 1.165) is 4.48 Å². The molecule has 4 nitrogen and oxygen atoms in total. The smallest absolute Gasteiger partial charge is 0.229 e. The summed E-state index contributed by atoms with van der Waals surface area (Å²) in [4.78, 5) is 15.5. The van der Waals surface area contributed by atoms with Gasteiger partial charge in [-0.05, 0) is 23.1 Å². The molecule has 134 valence electrons. The SMILES string of the molecule is C[N@+]12CC[C@@]34c5ccccc5N5C(=O)C[C@@H]6OCC=C(C1)[C@H](C[C@@H]32)[C@@H]6[C@H]54. The zero-order valence-corrected chi connectivity index (χ0v) is 15.2. The second kappa shape index (κ2) is 4.26. The van der Waals surface area contributed by atoms with E-state index in [1.807, 2.05) is 0 Å². The molecule has 7 atom stereocenters. The predicted octanol–water partition coefficient (Wildman–Crippen LogP) is 2.24. The van der Waals surface area contributed by atoms with E-state index in [-0.39, 0.29) is 17.4 Å². The minimum Gasteiger partial charge on any atom is -0.373 e. The molecule has 1 aromatic carbocycles. The maximum absolute atomic E-state index is 13.3. The van der Waals surface area contributed by atoms with Gasteiger partial charge >= 0.3 is 0 Å². The van der Waals surface area contributed by atoms with Gasteiger partial charge in [-0.3, -0.25) is 4.79 Å². The number of hydrogen-bond donors (Lipinski definition) is 0. The van der Waals surface area contributed by atoms with Crippen molar-refractivity contribution in [2.24, 2.45) is 11.8 Å². The Kier molecular flexibility index (Phi) is 2.36. The molecule has 4 heteroatoms. The monoisotopic (exact) mass is 349 g/mol. The van der Waals surface area contributed by atoms with E-state index in [0.29, 0.717) is 36.9 Å². The number of hydrogen-bond acceptors (Lipinski definition) is 2. The van der Waals surface area contributed by atoms with Gasteiger partial charge in [0.1, 0.15) is 12.6 Å². The highest BCUT2D eigenvalue weighted by molar-refractivity contribution is 5.99. The van der Waals surface area contributed by atoms with Gasteiger partial charge in [0.05, 0.1) is 44.2 Å². The molecule has 5 heterocycles. The summed E-state index contributed by atoms with van der Waals surface area (Å²) < 4.78 is 7.45. The van der Waals surface area contributed by atoms with Crippen molar-refractivity contribution in [3.8, 4) is 0 Å². The molecule has 1 aliphatic carbocycles. The molecular formula is C22H25N2O2+. The van der Waals surface area contributed by atoms with Crippen molar-refractivity contribution < 1.29 is 14.0 Å². The third-order valence-electron chi connectivity index (χ3n) is 8.91. The van der Waals surface area contributed by atoms with Crippen molar-refractivity contribution in [3.63, 3.8) is 0 Å². The Morgan fingerprint density at radius 1 is 1.31 bits per heavy atom. The minimum atomic E-state index is 0.104. The van der Waals surface area contributed by atoms with Gasteiger partial charge in [0.25, 0.3) is 0 Å². The molecule has 1 aromatic rings. The van der Waals surface area contributed by atoms with Gasteiger partial charge in [0.2, 0.25) is 5.91 Å². The summed E-state index contributed by atoms with van der Waals surface area (Å²) in [6, 6.07) is 9.76. The Morgan fingerprint density at radius 2 is 2.19 bits per heavy atom. The number of likely N-dealkylation sites (N-methyl/N-ethyl adjacent to an activating group) is 1. The van der Waals surface area contributed by atoms with Crippen molar-refractivity contribution in [1.29, 1.82) is 0 Å². The molecule has 1 saturated carbocycles. The molecule has 5 aliphatic heterocycles. The summed E-state index contributed by atoms with van der Waals surface area (Å²) >= 11 is 0. The molecule has 26 heavy (non-hydrogen) atoms. The first-order valence-corrected chi connectivity index (χ1v) is 10.2. The fourth-order valence-electron chi connectivity index (χ4n) is 8.14. The summed E-state index contributed by atoms with van der Waals surface area (Å²) in [5.41, 5.74) is 4.43. The van der Waals surface area contributed by atoms with E-state index < -0.39 is 0 Å². The van der Waals surface area contributed by atoms with Crippen LogP contribution in [0.5, 0.6) is 0 Å². The van der Waals surface area contributed by atoms with Crippen LogP contribution in [0.3, 0.4) is 0 Å². The van der Waals surface area contributed by atoms with E-state index in [1.165, 1.54) is 37.2 Å². The first kappa shape index (κ1) is 14.4. The number of carbonyl (C=O) groups excluding carboxylic acids is 1. The van der Waals surface area contributed by atoms with Gasteiger partial charge < -0.3 is 14.1 Å². The molecule has 3 saturated heterocycles. The minimum absolute atomic E-state index is 0.104. The maximum atomic E-state index is 13.3. The third-order valence-corrected chi connectivity index (χ3v) is 8.91. The van der Waals surface area contributed by atoms with Gasteiger partial charge in [-0.2, -0.15) is 0 Å². The second-order valence-corrected chi connectivity index (χ2v) is 9.67. The lowest BCUT2D eigenvalue weighted by Gasteiger charge is -2.59. The molecule has 0 aromatic heterocycles. The molecule has 7 rings (SSSR count). The Morgan fingerprint density at radius 3 is 3.12 bits per heavy atom. The zero-order chi connectivity index (χ0) is 17.3.